The molecule has 1 aromatic rings. The van der Waals surface area contributed by atoms with Gasteiger partial charge in [0, 0.05) is 5.41 Å². The zero-order chi connectivity index (χ0) is 11.7. The smallest absolute Gasteiger partial charge is 0.340 e. The third kappa shape index (κ3) is 1.88. The van der Waals surface area contributed by atoms with E-state index in [1.54, 1.807) is 51.1 Å². The number of aliphatic carboxylic acids is 1. The maximum absolute atomic E-state index is 11.2. The average molecular weight is 208 g/mol. The first-order valence-corrected chi connectivity index (χ1v) is 4.81. The standard InChI is InChI=1S/C12H16O3/c1-11(2,3)12(15,10(13)14)9-7-5-4-6-8-9/h4-8,15H,1-3H3,(H,13,14)/t12-/m0/s1. The molecule has 15 heavy (non-hydrogen) atoms. The van der Waals surface area contributed by atoms with E-state index in [4.69, 9.17) is 0 Å². The number of benzene rings is 1. The van der Waals surface area contributed by atoms with E-state index in [9.17, 15) is 15.0 Å². The number of hydrogen-bond donors (Lipinski definition) is 2. The predicted molar refractivity (Wildman–Crippen MR) is 57.4 cm³/mol. The van der Waals surface area contributed by atoms with Gasteiger partial charge in [-0.3, -0.25) is 0 Å². The van der Waals surface area contributed by atoms with E-state index in [1.807, 2.05) is 0 Å². The van der Waals surface area contributed by atoms with Gasteiger partial charge in [-0.05, 0) is 5.56 Å². The summed E-state index contributed by atoms with van der Waals surface area (Å²) in [5, 5.41) is 19.5. The van der Waals surface area contributed by atoms with Gasteiger partial charge in [-0.1, -0.05) is 51.1 Å². The highest BCUT2D eigenvalue weighted by Crippen LogP contribution is 2.39. The van der Waals surface area contributed by atoms with Gasteiger partial charge in [0.15, 0.2) is 5.60 Å². The van der Waals surface area contributed by atoms with E-state index in [1.165, 1.54) is 0 Å². The molecule has 3 nitrogen and oxygen atoms in total. The molecule has 0 spiro atoms. The van der Waals surface area contributed by atoms with Crippen molar-refractivity contribution in [3.63, 3.8) is 0 Å². The molecule has 0 aliphatic rings. The van der Waals surface area contributed by atoms with Crippen molar-refractivity contribution in [1.29, 1.82) is 0 Å². The Kier molecular flexibility index (Phi) is 2.86. The summed E-state index contributed by atoms with van der Waals surface area (Å²) >= 11 is 0. The van der Waals surface area contributed by atoms with Crippen LogP contribution < -0.4 is 0 Å². The molecule has 0 fully saturated rings. The topological polar surface area (TPSA) is 57.5 Å². The van der Waals surface area contributed by atoms with Gasteiger partial charge in [-0.2, -0.15) is 0 Å². The molecular formula is C12H16O3. The maximum atomic E-state index is 11.2. The fourth-order valence-corrected chi connectivity index (χ4v) is 1.56. The zero-order valence-corrected chi connectivity index (χ0v) is 9.19. The van der Waals surface area contributed by atoms with Crippen LogP contribution in [-0.2, 0) is 10.4 Å². The second kappa shape index (κ2) is 3.66. The van der Waals surface area contributed by atoms with Crippen molar-refractivity contribution in [3.05, 3.63) is 35.9 Å². The first kappa shape index (κ1) is 11.7. The van der Waals surface area contributed by atoms with Crippen LogP contribution in [0.4, 0.5) is 0 Å². The molecular weight excluding hydrogens is 192 g/mol. The van der Waals surface area contributed by atoms with Crippen LogP contribution in [0, 0.1) is 5.41 Å². The van der Waals surface area contributed by atoms with Crippen LogP contribution in [0.2, 0.25) is 0 Å². The quantitative estimate of drug-likeness (QED) is 0.781. The van der Waals surface area contributed by atoms with Crippen LogP contribution in [-0.4, -0.2) is 16.2 Å². The molecule has 3 heteroatoms. The Labute approximate surface area is 89.4 Å². The lowest BCUT2D eigenvalue weighted by atomic mass is 9.72. The van der Waals surface area contributed by atoms with Crippen molar-refractivity contribution in [2.24, 2.45) is 5.41 Å². The molecule has 0 radical (unpaired) electrons. The van der Waals surface area contributed by atoms with Crippen LogP contribution in [0.3, 0.4) is 0 Å². The van der Waals surface area contributed by atoms with Gasteiger partial charge in [0.25, 0.3) is 0 Å². The van der Waals surface area contributed by atoms with Gasteiger partial charge in [0.1, 0.15) is 0 Å². The number of carboxylic acid groups (broad SMARTS) is 1. The summed E-state index contributed by atoms with van der Waals surface area (Å²) < 4.78 is 0. The summed E-state index contributed by atoms with van der Waals surface area (Å²) in [6.07, 6.45) is 0. The minimum atomic E-state index is -1.85. The monoisotopic (exact) mass is 208 g/mol. The second-order valence-corrected chi connectivity index (χ2v) is 4.63. The van der Waals surface area contributed by atoms with Gasteiger partial charge in [0.05, 0.1) is 0 Å². The Morgan fingerprint density at radius 1 is 1.13 bits per heavy atom. The first-order valence-electron chi connectivity index (χ1n) is 4.81. The number of hydrogen-bond acceptors (Lipinski definition) is 2. The lowest BCUT2D eigenvalue weighted by Gasteiger charge is -2.36. The Morgan fingerprint density at radius 2 is 1.60 bits per heavy atom. The molecule has 82 valence electrons. The van der Waals surface area contributed by atoms with Crippen molar-refractivity contribution < 1.29 is 15.0 Å². The number of carboxylic acids is 1. The normalized spacial score (nSPS) is 15.7. The minimum Gasteiger partial charge on any atom is -0.479 e. The molecule has 0 unspecified atom stereocenters. The fraction of sp³-hybridized carbons (Fsp3) is 0.417. The van der Waals surface area contributed by atoms with E-state index < -0.39 is 17.0 Å². The van der Waals surface area contributed by atoms with Crippen molar-refractivity contribution in [1.82, 2.24) is 0 Å². The summed E-state index contributed by atoms with van der Waals surface area (Å²) in [5.41, 5.74) is -2.21. The van der Waals surface area contributed by atoms with Gasteiger partial charge in [0.2, 0.25) is 0 Å². The lowest BCUT2D eigenvalue weighted by Crippen LogP contribution is -2.47. The molecule has 0 aliphatic heterocycles. The highest BCUT2D eigenvalue weighted by atomic mass is 16.4. The molecule has 0 amide bonds. The molecule has 1 rings (SSSR count). The summed E-state index contributed by atoms with van der Waals surface area (Å²) in [7, 11) is 0. The van der Waals surface area contributed by atoms with Gasteiger partial charge in [-0.15, -0.1) is 0 Å². The van der Waals surface area contributed by atoms with Crippen molar-refractivity contribution in [2.75, 3.05) is 0 Å². The fourth-order valence-electron chi connectivity index (χ4n) is 1.56. The highest BCUT2D eigenvalue weighted by molar-refractivity contribution is 5.80. The SMILES string of the molecule is CC(C)(C)[C@@](O)(C(=O)O)c1ccccc1. The Balaban J connectivity index is 3.32. The Hall–Kier alpha value is -1.35. The van der Waals surface area contributed by atoms with E-state index in [0.29, 0.717) is 5.56 Å². The van der Waals surface area contributed by atoms with Gasteiger partial charge < -0.3 is 10.2 Å². The van der Waals surface area contributed by atoms with Crippen LogP contribution in [0.15, 0.2) is 30.3 Å². The largest absolute Gasteiger partial charge is 0.479 e. The van der Waals surface area contributed by atoms with E-state index in [2.05, 4.69) is 0 Å². The van der Waals surface area contributed by atoms with Crippen LogP contribution in [0.5, 0.6) is 0 Å². The van der Waals surface area contributed by atoms with E-state index >= 15 is 0 Å². The maximum Gasteiger partial charge on any atom is 0.340 e. The predicted octanol–water partition coefficient (Wildman–Crippen LogP) is 2.00. The Morgan fingerprint density at radius 3 is 1.93 bits per heavy atom. The molecule has 1 aromatic carbocycles. The highest BCUT2D eigenvalue weighted by Gasteiger charge is 2.48. The minimum absolute atomic E-state index is 0.407. The van der Waals surface area contributed by atoms with Crippen LogP contribution in [0.1, 0.15) is 26.3 Å². The molecule has 2 N–H and O–H groups in total. The van der Waals surface area contributed by atoms with Crippen LogP contribution in [0.25, 0.3) is 0 Å². The van der Waals surface area contributed by atoms with E-state index in [-0.39, 0.29) is 0 Å². The van der Waals surface area contributed by atoms with Gasteiger partial charge in [-0.25, -0.2) is 4.79 Å². The van der Waals surface area contributed by atoms with Crippen molar-refractivity contribution in [2.45, 2.75) is 26.4 Å². The first-order chi connectivity index (χ1) is 6.80. The molecule has 0 bridgehead atoms. The third-order valence-corrected chi connectivity index (χ3v) is 2.59. The molecule has 0 heterocycles. The second-order valence-electron chi connectivity index (χ2n) is 4.63. The van der Waals surface area contributed by atoms with Gasteiger partial charge >= 0.3 is 5.97 Å². The summed E-state index contributed by atoms with van der Waals surface area (Å²) in [6.45, 7) is 5.11. The molecule has 1 atom stereocenters. The number of carbonyl (C=O) groups is 1. The third-order valence-electron chi connectivity index (χ3n) is 2.59. The summed E-state index contributed by atoms with van der Waals surface area (Å²) in [6, 6.07) is 8.47. The average Bonchev–Trinajstić information content (AvgIpc) is 2.16. The number of rotatable bonds is 2. The summed E-state index contributed by atoms with van der Waals surface area (Å²) in [5.74, 6) is -1.22. The van der Waals surface area contributed by atoms with Crippen molar-refractivity contribution >= 4 is 5.97 Å². The number of aliphatic hydroxyl groups is 1. The molecule has 0 saturated carbocycles. The summed E-state index contributed by atoms with van der Waals surface area (Å²) in [4.78, 5) is 11.2. The van der Waals surface area contributed by atoms with E-state index in [0.717, 1.165) is 0 Å². The molecule has 0 saturated heterocycles. The molecule has 0 aliphatic carbocycles. The van der Waals surface area contributed by atoms with Crippen LogP contribution >= 0.6 is 0 Å². The zero-order valence-electron chi connectivity index (χ0n) is 9.19. The van der Waals surface area contributed by atoms with Crippen molar-refractivity contribution in [3.8, 4) is 0 Å². The molecule has 0 aromatic heterocycles. The lowest BCUT2D eigenvalue weighted by molar-refractivity contribution is -0.173. The Bertz CT molecular complexity index is 351.